The molecule has 2 fully saturated rings. The first-order valence-electron chi connectivity index (χ1n) is 9.25. The summed E-state index contributed by atoms with van der Waals surface area (Å²) in [6, 6.07) is 13.1. The van der Waals surface area contributed by atoms with E-state index in [-0.39, 0.29) is 11.5 Å². The molecule has 0 radical (unpaired) electrons. The van der Waals surface area contributed by atoms with Gasteiger partial charge in [0.05, 0.1) is 39.1 Å². The molecule has 2 aliphatic rings. The van der Waals surface area contributed by atoms with Crippen molar-refractivity contribution in [2.24, 2.45) is 5.92 Å². The van der Waals surface area contributed by atoms with Crippen LogP contribution in [0.4, 0.5) is 0 Å². The predicted molar refractivity (Wildman–Crippen MR) is 99.6 cm³/mol. The summed E-state index contributed by atoms with van der Waals surface area (Å²) >= 11 is 0. The van der Waals surface area contributed by atoms with E-state index in [4.69, 9.17) is 14.2 Å². The highest BCUT2D eigenvalue weighted by Crippen LogP contribution is 2.40. The third-order valence-electron chi connectivity index (χ3n) is 5.42. The highest BCUT2D eigenvalue weighted by atomic mass is 16.5. The second-order valence-electron chi connectivity index (χ2n) is 7.13. The van der Waals surface area contributed by atoms with Gasteiger partial charge in [-0.15, -0.1) is 0 Å². The van der Waals surface area contributed by atoms with Crippen LogP contribution >= 0.6 is 0 Å². The third-order valence-corrected chi connectivity index (χ3v) is 5.42. The number of rotatable bonds is 6. The minimum Gasteiger partial charge on any atom is -0.497 e. The van der Waals surface area contributed by atoms with Crippen molar-refractivity contribution in [3.63, 3.8) is 0 Å². The molecule has 1 aromatic heterocycles. The molecule has 0 bridgehead atoms. The number of ether oxygens (including phenoxy) is 3. The van der Waals surface area contributed by atoms with E-state index in [0.29, 0.717) is 43.5 Å². The summed E-state index contributed by atoms with van der Waals surface area (Å²) in [6.45, 7) is 3.07. The maximum atomic E-state index is 12.7. The highest BCUT2D eigenvalue weighted by Gasteiger charge is 2.54. The summed E-state index contributed by atoms with van der Waals surface area (Å²) in [5.41, 5.74) is 1.30. The second-order valence-corrected chi connectivity index (χ2v) is 7.13. The van der Waals surface area contributed by atoms with Crippen molar-refractivity contribution in [1.82, 2.24) is 9.88 Å². The predicted octanol–water partition coefficient (Wildman–Crippen LogP) is 2.54. The summed E-state index contributed by atoms with van der Waals surface area (Å²) in [4.78, 5) is 18.8. The van der Waals surface area contributed by atoms with E-state index in [9.17, 15) is 4.79 Å². The van der Waals surface area contributed by atoms with E-state index >= 15 is 0 Å². The number of aromatic nitrogens is 1. The SMILES string of the molecule is COc1cccc(C(=O)N2CC3(C2)OCC[C@H]3COCc2ccccn2)c1. The van der Waals surface area contributed by atoms with Crippen LogP contribution in [0, 0.1) is 5.92 Å². The topological polar surface area (TPSA) is 60.9 Å². The average molecular weight is 368 g/mol. The molecule has 6 heteroatoms. The molecule has 0 aliphatic carbocycles. The van der Waals surface area contributed by atoms with Gasteiger partial charge in [-0.25, -0.2) is 0 Å². The molecule has 1 amide bonds. The lowest BCUT2D eigenvalue weighted by molar-refractivity contribution is -0.129. The van der Waals surface area contributed by atoms with Crippen LogP contribution in [0.3, 0.4) is 0 Å². The Morgan fingerprint density at radius 2 is 2.19 bits per heavy atom. The quantitative estimate of drug-likeness (QED) is 0.784. The number of nitrogens with zero attached hydrogens (tertiary/aromatic N) is 2. The Morgan fingerprint density at radius 3 is 2.96 bits per heavy atom. The van der Waals surface area contributed by atoms with Gasteiger partial charge >= 0.3 is 0 Å². The van der Waals surface area contributed by atoms with Gasteiger partial charge in [0.15, 0.2) is 0 Å². The van der Waals surface area contributed by atoms with E-state index in [1.165, 1.54) is 0 Å². The van der Waals surface area contributed by atoms with Crippen LogP contribution < -0.4 is 4.74 Å². The van der Waals surface area contributed by atoms with Crippen LogP contribution in [0.2, 0.25) is 0 Å². The van der Waals surface area contributed by atoms with Crippen molar-refractivity contribution in [2.75, 3.05) is 33.4 Å². The highest BCUT2D eigenvalue weighted by molar-refractivity contribution is 5.95. The summed E-state index contributed by atoms with van der Waals surface area (Å²) in [6.07, 6.45) is 2.73. The number of methoxy groups -OCH3 is 1. The number of benzene rings is 1. The fourth-order valence-electron chi connectivity index (χ4n) is 3.84. The normalized spacial score (nSPS) is 20.5. The zero-order valence-corrected chi connectivity index (χ0v) is 15.5. The Labute approximate surface area is 159 Å². The molecule has 0 N–H and O–H groups in total. The minimum atomic E-state index is -0.265. The number of carbonyl (C=O) groups excluding carboxylic acids is 1. The number of carbonyl (C=O) groups is 1. The van der Waals surface area contributed by atoms with Crippen LogP contribution in [0.25, 0.3) is 0 Å². The molecule has 0 unspecified atom stereocenters. The van der Waals surface area contributed by atoms with Crippen molar-refractivity contribution in [1.29, 1.82) is 0 Å². The van der Waals surface area contributed by atoms with Gasteiger partial charge in [0, 0.05) is 24.3 Å². The molecule has 0 saturated carbocycles. The molecule has 1 aromatic carbocycles. The van der Waals surface area contributed by atoms with Crippen molar-refractivity contribution < 1.29 is 19.0 Å². The number of amides is 1. The Bertz CT molecular complexity index is 790. The monoisotopic (exact) mass is 368 g/mol. The zero-order valence-electron chi connectivity index (χ0n) is 15.5. The second kappa shape index (κ2) is 7.66. The van der Waals surface area contributed by atoms with Gasteiger partial charge in [0.2, 0.25) is 0 Å². The minimum absolute atomic E-state index is 0.0168. The van der Waals surface area contributed by atoms with Crippen molar-refractivity contribution >= 4 is 5.91 Å². The molecule has 6 nitrogen and oxygen atoms in total. The first-order valence-corrected chi connectivity index (χ1v) is 9.25. The van der Waals surface area contributed by atoms with Gasteiger partial charge in [0.1, 0.15) is 11.4 Å². The lowest BCUT2D eigenvalue weighted by atomic mass is 9.81. The summed E-state index contributed by atoms with van der Waals surface area (Å²) in [5, 5.41) is 0. The Balaban J connectivity index is 1.32. The van der Waals surface area contributed by atoms with E-state index in [0.717, 1.165) is 18.7 Å². The van der Waals surface area contributed by atoms with E-state index in [1.807, 2.05) is 41.3 Å². The molecular weight excluding hydrogens is 344 g/mol. The number of pyridine rings is 1. The van der Waals surface area contributed by atoms with Gasteiger partial charge in [0.25, 0.3) is 5.91 Å². The fourth-order valence-corrected chi connectivity index (χ4v) is 3.84. The first-order chi connectivity index (χ1) is 13.2. The zero-order chi connectivity index (χ0) is 18.7. The Kier molecular flexibility index (Phi) is 5.09. The maximum Gasteiger partial charge on any atom is 0.254 e. The van der Waals surface area contributed by atoms with Gasteiger partial charge in [-0.1, -0.05) is 12.1 Å². The van der Waals surface area contributed by atoms with Crippen LogP contribution in [0.15, 0.2) is 48.7 Å². The molecule has 142 valence electrons. The molecule has 2 saturated heterocycles. The van der Waals surface area contributed by atoms with Gasteiger partial charge in [-0.3, -0.25) is 9.78 Å². The molecule has 2 aliphatic heterocycles. The lowest BCUT2D eigenvalue weighted by Crippen LogP contribution is -2.66. The largest absolute Gasteiger partial charge is 0.497 e. The number of hydrogen-bond donors (Lipinski definition) is 0. The molecule has 1 spiro atoms. The van der Waals surface area contributed by atoms with Crippen LogP contribution in [-0.4, -0.2) is 54.8 Å². The van der Waals surface area contributed by atoms with Crippen LogP contribution in [0.1, 0.15) is 22.5 Å². The lowest BCUT2D eigenvalue weighted by Gasteiger charge is -2.50. The van der Waals surface area contributed by atoms with Crippen LogP contribution in [-0.2, 0) is 16.1 Å². The van der Waals surface area contributed by atoms with Crippen molar-refractivity contribution in [3.05, 3.63) is 59.9 Å². The maximum absolute atomic E-state index is 12.7. The summed E-state index contributed by atoms with van der Waals surface area (Å²) in [7, 11) is 1.60. The van der Waals surface area contributed by atoms with Gasteiger partial charge in [-0.05, 0) is 36.8 Å². The molecule has 27 heavy (non-hydrogen) atoms. The standard InChI is InChI=1S/C21H24N2O4/c1-25-19-7-4-5-16(11-19)20(24)23-14-21(15-23)17(8-10-27-21)12-26-13-18-6-2-3-9-22-18/h2-7,9,11,17H,8,10,12-15H2,1H3/t17-/m0/s1. The first kappa shape index (κ1) is 17.9. The van der Waals surface area contributed by atoms with Gasteiger partial charge in [-0.2, -0.15) is 0 Å². The van der Waals surface area contributed by atoms with E-state index in [2.05, 4.69) is 4.98 Å². The number of hydrogen-bond acceptors (Lipinski definition) is 5. The molecule has 2 aromatic rings. The smallest absolute Gasteiger partial charge is 0.254 e. The number of likely N-dealkylation sites (tertiary alicyclic amines) is 1. The third kappa shape index (κ3) is 3.68. The molecular formula is C21H24N2O4. The Hall–Kier alpha value is -2.44. The molecule has 1 atom stereocenters. The summed E-state index contributed by atoms with van der Waals surface area (Å²) < 4.78 is 17.1. The Morgan fingerprint density at radius 1 is 1.30 bits per heavy atom. The van der Waals surface area contributed by atoms with Crippen molar-refractivity contribution in [3.8, 4) is 5.75 Å². The molecule has 4 rings (SSSR count). The fraction of sp³-hybridized carbons (Fsp3) is 0.429. The van der Waals surface area contributed by atoms with E-state index < -0.39 is 0 Å². The molecule has 3 heterocycles. The van der Waals surface area contributed by atoms with E-state index in [1.54, 1.807) is 19.4 Å². The summed E-state index contributed by atoms with van der Waals surface area (Å²) in [5.74, 6) is 1.01. The van der Waals surface area contributed by atoms with Gasteiger partial charge < -0.3 is 19.1 Å². The average Bonchev–Trinajstić information content (AvgIpc) is 3.11. The van der Waals surface area contributed by atoms with Crippen LogP contribution in [0.5, 0.6) is 5.75 Å². The van der Waals surface area contributed by atoms with Crippen molar-refractivity contribution in [2.45, 2.75) is 18.6 Å².